The van der Waals surface area contributed by atoms with Gasteiger partial charge in [0.25, 0.3) is 0 Å². The van der Waals surface area contributed by atoms with Gasteiger partial charge in [0.15, 0.2) is 0 Å². The number of hydrogen-bond donors (Lipinski definition) is 0. The minimum Gasteiger partial charge on any atom is -0.492 e. The van der Waals surface area contributed by atoms with E-state index in [-0.39, 0.29) is 5.41 Å². The summed E-state index contributed by atoms with van der Waals surface area (Å²) >= 11 is 0. The molecule has 0 N–H and O–H groups in total. The smallest absolute Gasteiger partial charge is 0.150 e. The molecule has 2 aromatic rings. The van der Waals surface area contributed by atoms with Crippen LogP contribution in [0.3, 0.4) is 0 Å². The van der Waals surface area contributed by atoms with Crippen molar-refractivity contribution in [1.29, 1.82) is 0 Å². The first kappa shape index (κ1) is 12.0. The van der Waals surface area contributed by atoms with Gasteiger partial charge in [0.05, 0.1) is 6.61 Å². The Morgan fingerprint density at radius 2 is 1.89 bits per heavy atom. The van der Waals surface area contributed by atoms with E-state index >= 15 is 0 Å². The lowest BCUT2D eigenvalue weighted by molar-refractivity contribution is 0.112. The summed E-state index contributed by atoms with van der Waals surface area (Å²) in [5.74, 6) is 0.972. The average molecular weight is 252 g/mol. The predicted octanol–water partition coefficient (Wildman–Crippen LogP) is 3.84. The first-order valence-corrected chi connectivity index (χ1v) is 6.43. The van der Waals surface area contributed by atoms with Gasteiger partial charge >= 0.3 is 0 Å². The summed E-state index contributed by atoms with van der Waals surface area (Å²) in [5.41, 5.74) is 4.18. The SMILES string of the molecule is CC1(C)COc2ccc(-c3cccc(C=O)c3)cc21. The van der Waals surface area contributed by atoms with Crippen molar-refractivity contribution >= 4 is 6.29 Å². The highest BCUT2D eigenvalue weighted by Crippen LogP contribution is 2.40. The molecule has 0 aliphatic carbocycles. The molecule has 0 saturated heterocycles. The second-order valence-corrected chi connectivity index (χ2v) is 5.63. The first-order chi connectivity index (χ1) is 9.10. The van der Waals surface area contributed by atoms with E-state index in [1.54, 1.807) is 0 Å². The molecule has 0 atom stereocenters. The van der Waals surface area contributed by atoms with E-state index in [9.17, 15) is 4.79 Å². The Bertz CT molecular complexity index is 641. The highest BCUT2D eigenvalue weighted by atomic mass is 16.5. The molecular formula is C17H16O2. The van der Waals surface area contributed by atoms with Gasteiger partial charge < -0.3 is 4.74 Å². The van der Waals surface area contributed by atoms with E-state index in [0.717, 1.165) is 29.8 Å². The molecule has 19 heavy (non-hydrogen) atoms. The van der Waals surface area contributed by atoms with Crippen LogP contribution in [0.1, 0.15) is 29.8 Å². The number of carbonyl (C=O) groups excluding carboxylic acids is 1. The highest BCUT2D eigenvalue weighted by molar-refractivity contribution is 5.79. The van der Waals surface area contributed by atoms with Crippen molar-refractivity contribution in [2.24, 2.45) is 0 Å². The second kappa shape index (κ2) is 4.23. The van der Waals surface area contributed by atoms with Gasteiger partial charge in [0, 0.05) is 16.5 Å². The van der Waals surface area contributed by atoms with Crippen LogP contribution < -0.4 is 4.74 Å². The van der Waals surface area contributed by atoms with Crippen molar-refractivity contribution in [3.05, 3.63) is 53.6 Å². The number of rotatable bonds is 2. The number of carbonyl (C=O) groups is 1. The van der Waals surface area contributed by atoms with Crippen molar-refractivity contribution in [2.75, 3.05) is 6.61 Å². The molecule has 96 valence electrons. The molecule has 1 aliphatic heterocycles. The normalized spacial score (nSPS) is 15.7. The number of fused-ring (bicyclic) bond motifs is 1. The molecule has 0 saturated carbocycles. The van der Waals surface area contributed by atoms with Crippen molar-refractivity contribution in [3.63, 3.8) is 0 Å². The monoisotopic (exact) mass is 252 g/mol. The fourth-order valence-electron chi connectivity index (χ4n) is 2.49. The Kier molecular flexibility index (Phi) is 2.67. The minimum atomic E-state index is 0.0492. The van der Waals surface area contributed by atoms with Crippen LogP contribution >= 0.6 is 0 Å². The summed E-state index contributed by atoms with van der Waals surface area (Å²) in [4.78, 5) is 10.9. The molecule has 2 nitrogen and oxygen atoms in total. The van der Waals surface area contributed by atoms with Crippen LogP contribution in [0.4, 0.5) is 0 Å². The van der Waals surface area contributed by atoms with Gasteiger partial charge in [-0.15, -0.1) is 0 Å². The fraction of sp³-hybridized carbons (Fsp3) is 0.235. The fourth-order valence-corrected chi connectivity index (χ4v) is 2.49. The minimum absolute atomic E-state index is 0.0492. The zero-order chi connectivity index (χ0) is 13.5. The lowest BCUT2D eigenvalue weighted by Crippen LogP contribution is -2.18. The maximum Gasteiger partial charge on any atom is 0.150 e. The lowest BCUT2D eigenvalue weighted by atomic mass is 9.85. The molecule has 1 aliphatic rings. The zero-order valence-electron chi connectivity index (χ0n) is 11.1. The van der Waals surface area contributed by atoms with Crippen molar-refractivity contribution in [3.8, 4) is 16.9 Å². The molecule has 3 rings (SSSR count). The molecule has 2 aromatic carbocycles. The lowest BCUT2D eigenvalue weighted by Gasteiger charge is -2.16. The zero-order valence-corrected chi connectivity index (χ0v) is 11.1. The summed E-state index contributed by atoms with van der Waals surface area (Å²) in [5, 5.41) is 0. The van der Waals surface area contributed by atoms with Crippen molar-refractivity contribution in [1.82, 2.24) is 0 Å². The Balaban J connectivity index is 2.09. The highest BCUT2D eigenvalue weighted by Gasteiger charge is 2.31. The Morgan fingerprint density at radius 1 is 1.11 bits per heavy atom. The van der Waals surface area contributed by atoms with Gasteiger partial charge in [-0.1, -0.05) is 38.1 Å². The van der Waals surface area contributed by atoms with Crippen LogP contribution in [-0.4, -0.2) is 12.9 Å². The van der Waals surface area contributed by atoms with Crippen molar-refractivity contribution in [2.45, 2.75) is 19.3 Å². The van der Waals surface area contributed by atoms with E-state index in [0.29, 0.717) is 5.56 Å². The molecule has 0 amide bonds. The van der Waals surface area contributed by atoms with Crippen LogP contribution in [0.2, 0.25) is 0 Å². The molecule has 1 heterocycles. The summed E-state index contributed by atoms with van der Waals surface area (Å²) in [6.45, 7) is 5.09. The molecule has 0 unspecified atom stereocenters. The largest absolute Gasteiger partial charge is 0.492 e. The van der Waals surface area contributed by atoms with Gasteiger partial charge in [0.1, 0.15) is 12.0 Å². The van der Waals surface area contributed by atoms with Gasteiger partial charge in [-0.2, -0.15) is 0 Å². The standard InChI is InChI=1S/C17H16O2/c1-17(2)11-19-16-7-6-14(9-15(16)17)13-5-3-4-12(8-13)10-18/h3-10H,11H2,1-2H3. The van der Waals surface area contributed by atoms with E-state index in [4.69, 9.17) is 4.74 Å². The number of benzene rings is 2. The summed E-state index contributed by atoms with van der Waals surface area (Å²) in [7, 11) is 0. The van der Waals surface area contributed by atoms with Crippen molar-refractivity contribution < 1.29 is 9.53 Å². The van der Waals surface area contributed by atoms with E-state index in [2.05, 4.69) is 19.9 Å². The molecular weight excluding hydrogens is 236 g/mol. The van der Waals surface area contributed by atoms with Crippen LogP contribution in [0.5, 0.6) is 5.75 Å². The molecule has 2 heteroatoms. The number of hydrogen-bond acceptors (Lipinski definition) is 2. The number of ether oxygens (including phenoxy) is 1. The van der Waals surface area contributed by atoms with Gasteiger partial charge in [0.2, 0.25) is 0 Å². The topological polar surface area (TPSA) is 26.3 Å². The average Bonchev–Trinajstić information content (AvgIpc) is 2.74. The van der Waals surface area contributed by atoms with Crippen LogP contribution in [0.15, 0.2) is 42.5 Å². The number of aldehydes is 1. The Hall–Kier alpha value is -2.09. The summed E-state index contributed by atoms with van der Waals surface area (Å²) < 4.78 is 5.69. The molecule has 0 fully saturated rings. The van der Waals surface area contributed by atoms with E-state index in [1.165, 1.54) is 5.56 Å². The third-order valence-corrected chi connectivity index (χ3v) is 3.65. The van der Waals surface area contributed by atoms with Crippen LogP contribution in [0, 0.1) is 0 Å². The second-order valence-electron chi connectivity index (χ2n) is 5.63. The third-order valence-electron chi connectivity index (χ3n) is 3.65. The van der Waals surface area contributed by atoms with Crippen LogP contribution in [-0.2, 0) is 5.41 Å². The van der Waals surface area contributed by atoms with Crippen LogP contribution in [0.25, 0.3) is 11.1 Å². The van der Waals surface area contributed by atoms with Gasteiger partial charge in [-0.05, 0) is 29.3 Å². The quantitative estimate of drug-likeness (QED) is 0.759. The molecule has 0 radical (unpaired) electrons. The maximum absolute atomic E-state index is 10.9. The summed E-state index contributed by atoms with van der Waals surface area (Å²) in [6.07, 6.45) is 0.879. The summed E-state index contributed by atoms with van der Waals surface area (Å²) in [6, 6.07) is 13.9. The van der Waals surface area contributed by atoms with Gasteiger partial charge in [-0.3, -0.25) is 4.79 Å². The molecule has 0 aromatic heterocycles. The molecule has 0 bridgehead atoms. The van der Waals surface area contributed by atoms with E-state index in [1.807, 2.05) is 36.4 Å². The third kappa shape index (κ3) is 2.03. The Morgan fingerprint density at radius 3 is 2.68 bits per heavy atom. The maximum atomic E-state index is 10.9. The van der Waals surface area contributed by atoms with Gasteiger partial charge in [-0.25, -0.2) is 0 Å². The predicted molar refractivity (Wildman–Crippen MR) is 75.8 cm³/mol. The molecule has 0 spiro atoms. The Labute approximate surface area is 113 Å². The first-order valence-electron chi connectivity index (χ1n) is 6.43. The van der Waals surface area contributed by atoms with E-state index < -0.39 is 0 Å².